The minimum absolute atomic E-state index is 0.0657. The van der Waals surface area contributed by atoms with Crippen LogP contribution >= 0.6 is 0 Å². The number of aromatic nitrogens is 2. The Bertz CT molecular complexity index is 1040. The number of hydrogen-bond acceptors (Lipinski definition) is 8. The Labute approximate surface area is 179 Å². The normalized spacial score (nSPS) is 11.2. The van der Waals surface area contributed by atoms with Gasteiger partial charge in [-0.05, 0) is 17.7 Å². The second-order valence-corrected chi connectivity index (χ2v) is 6.17. The van der Waals surface area contributed by atoms with Gasteiger partial charge in [0.15, 0.2) is 6.04 Å². The van der Waals surface area contributed by atoms with Crippen molar-refractivity contribution < 1.29 is 28.5 Å². The van der Waals surface area contributed by atoms with Crippen molar-refractivity contribution in [2.75, 3.05) is 21.3 Å². The SMILES string of the molecule is COC(=O)[C@@H](NC(=O)c1ccccc1Oc1nc(OC)cc(OC)n1)c1ccccc1. The zero-order chi connectivity index (χ0) is 22.2. The third kappa shape index (κ3) is 5.27. The molecule has 1 amide bonds. The van der Waals surface area contributed by atoms with E-state index in [0.29, 0.717) is 5.56 Å². The van der Waals surface area contributed by atoms with Gasteiger partial charge < -0.3 is 24.3 Å². The molecule has 0 aliphatic rings. The quantitative estimate of drug-likeness (QED) is 0.551. The smallest absolute Gasteiger partial charge is 0.333 e. The number of methoxy groups -OCH3 is 3. The molecule has 1 heterocycles. The number of carbonyl (C=O) groups is 2. The molecule has 2 aromatic carbocycles. The highest BCUT2D eigenvalue weighted by Gasteiger charge is 2.25. The van der Waals surface area contributed by atoms with E-state index in [9.17, 15) is 9.59 Å². The van der Waals surface area contributed by atoms with Crippen molar-refractivity contribution in [1.29, 1.82) is 0 Å². The summed E-state index contributed by atoms with van der Waals surface area (Å²) >= 11 is 0. The number of benzene rings is 2. The second kappa shape index (κ2) is 10.1. The van der Waals surface area contributed by atoms with Crippen molar-refractivity contribution in [3.05, 3.63) is 71.8 Å². The molecular weight excluding hydrogens is 402 g/mol. The van der Waals surface area contributed by atoms with Crippen molar-refractivity contribution in [1.82, 2.24) is 15.3 Å². The average Bonchev–Trinajstić information content (AvgIpc) is 2.82. The molecule has 0 aliphatic heterocycles. The molecule has 9 nitrogen and oxygen atoms in total. The summed E-state index contributed by atoms with van der Waals surface area (Å²) in [5.74, 6) is -0.479. The summed E-state index contributed by atoms with van der Waals surface area (Å²) in [6.07, 6.45) is 0. The maximum atomic E-state index is 13.0. The van der Waals surface area contributed by atoms with Crippen LogP contribution in [0.15, 0.2) is 60.7 Å². The minimum atomic E-state index is -0.986. The standard InChI is InChI=1S/C22H21N3O6/c1-28-17-13-18(29-2)24-22(23-17)31-16-12-8-7-11-15(16)20(26)25-19(21(27)30-3)14-9-5-4-6-10-14/h4-13,19H,1-3H3,(H,25,26)/t19-/m0/s1. The summed E-state index contributed by atoms with van der Waals surface area (Å²) < 4.78 is 20.8. The van der Waals surface area contributed by atoms with E-state index in [1.54, 1.807) is 48.5 Å². The Morgan fingerprint density at radius 1 is 0.871 bits per heavy atom. The fraction of sp³-hybridized carbons (Fsp3) is 0.182. The fourth-order valence-corrected chi connectivity index (χ4v) is 2.73. The molecule has 0 saturated heterocycles. The molecule has 0 fully saturated rings. The van der Waals surface area contributed by atoms with Crippen molar-refractivity contribution in [3.8, 4) is 23.5 Å². The van der Waals surface area contributed by atoms with E-state index in [4.69, 9.17) is 18.9 Å². The monoisotopic (exact) mass is 423 g/mol. The van der Waals surface area contributed by atoms with E-state index in [1.165, 1.54) is 27.4 Å². The Balaban J connectivity index is 1.89. The van der Waals surface area contributed by atoms with E-state index in [2.05, 4.69) is 15.3 Å². The van der Waals surface area contributed by atoms with Gasteiger partial charge in [-0.25, -0.2) is 4.79 Å². The zero-order valence-corrected chi connectivity index (χ0v) is 17.2. The highest BCUT2D eigenvalue weighted by atomic mass is 16.5. The number of nitrogens with one attached hydrogen (secondary N) is 1. The Morgan fingerprint density at radius 3 is 2.10 bits per heavy atom. The van der Waals surface area contributed by atoms with Crippen LogP contribution in [0.3, 0.4) is 0 Å². The van der Waals surface area contributed by atoms with Gasteiger partial charge in [0, 0.05) is 0 Å². The molecule has 1 atom stereocenters. The average molecular weight is 423 g/mol. The first-order chi connectivity index (χ1) is 15.0. The maximum absolute atomic E-state index is 13.0. The number of amides is 1. The number of nitrogens with zero attached hydrogens (tertiary/aromatic N) is 2. The third-order valence-corrected chi connectivity index (χ3v) is 4.26. The summed E-state index contributed by atoms with van der Waals surface area (Å²) in [6.45, 7) is 0. The third-order valence-electron chi connectivity index (χ3n) is 4.26. The lowest BCUT2D eigenvalue weighted by atomic mass is 10.1. The number of hydrogen-bond donors (Lipinski definition) is 1. The van der Waals surface area contributed by atoms with Crippen LogP contribution in [0.4, 0.5) is 0 Å². The molecule has 1 aromatic heterocycles. The molecule has 0 saturated carbocycles. The van der Waals surface area contributed by atoms with Crippen LogP contribution in [-0.2, 0) is 9.53 Å². The Morgan fingerprint density at radius 2 is 1.48 bits per heavy atom. The molecule has 0 unspecified atom stereocenters. The number of rotatable bonds is 8. The number of esters is 1. The molecule has 0 bridgehead atoms. The van der Waals surface area contributed by atoms with Gasteiger partial charge in [0.2, 0.25) is 11.8 Å². The number of ether oxygens (including phenoxy) is 4. The van der Waals surface area contributed by atoms with Crippen molar-refractivity contribution in [3.63, 3.8) is 0 Å². The molecular formula is C22H21N3O6. The molecule has 31 heavy (non-hydrogen) atoms. The first kappa shape index (κ1) is 21.6. The lowest BCUT2D eigenvalue weighted by Gasteiger charge is -2.18. The van der Waals surface area contributed by atoms with Crippen molar-refractivity contribution in [2.45, 2.75) is 6.04 Å². The van der Waals surface area contributed by atoms with E-state index in [-0.39, 0.29) is 29.1 Å². The first-order valence-corrected chi connectivity index (χ1v) is 9.23. The predicted molar refractivity (Wildman–Crippen MR) is 110 cm³/mol. The van der Waals surface area contributed by atoms with Crippen molar-refractivity contribution in [2.24, 2.45) is 0 Å². The van der Waals surface area contributed by atoms with E-state index in [0.717, 1.165) is 0 Å². The summed E-state index contributed by atoms with van der Waals surface area (Å²) in [5.41, 5.74) is 0.764. The largest absolute Gasteiger partial charge is 0.481 e. The lowest BCUT2D eigenvalue weighted by molar-refractivity contribution is -0.143. The lowest BCUT2D eigenvalue weighted by Crippen LogP contribution is -2.34. The molecule has 0 spiro atoms. The highest BCUT2D eigenvalue weighted by molar-refractivity contribution is 5.99. The first-order valence-electron chi connectivity index (χ1n) is 9.23. The van der Waals surface area contributed by atoms with Gasteiger partial charge in [0.05, 0.1) is 33.0 Å². The Kier molecular flexibility index (Phi) is 7.00. The van der Waals surface area contributed by atoms with Gasteiger partial charge in [-0.2, -0.15) is 9.97 Å². The number of para-hydroxylation sites is 1. The van der Waals surface area contributed by atoms with Crippen LogP contribution in [0.1, 0.15) is 22.0 Å². The van der Waals surface area contributed by atoms with E-state index in [1.807, 2.05) is 6.07 Å². The van der Waals surface area contributed by atoms with Gasteiger partial charge in [0.1, 0.15) is 5.75 Å². The summed E-state index contributed by atoms with van der Waals surface area (Å²) in [7, 11) is 4.15. The maximum Gasteiger partial charge on any atom is 0.333 e. The summed E-state index contributed by atoms with van der Waals surface area (Å²) in [4.78, 5) is 33.5. The van der Waals surface area contributed by atoms with Gasteiger partial charge in [0.25, 0.3) is 5.91 Å². The van der Waals surface area contributed by atoms with Gasteiger partial charge in [-0.3, -0.25) is 4.79 Å². The topological polar surface area (TPSA) is 109 Å². The van der Waals surface area contributed by atoms with Crippen LogP contribution in [0, 0.1) is 0 Å². The summed E-state index contributed by atoms with van der Waals surface area (Å²) in [5, 5.41) is 2.69. The van der Waals surface area contributed by atoms with E-state index >= 15 is 0 Å². The second-order valence-electron chi connectivity index (χ2n) is 6.17. The van der Waals surface area contributed by atoms with E-state index < -0.39 is 17.9 Å². The molecule has 0 radical (unpaired) electrons. The summed E-state index contributed by atoms with van der Waals surface area (Å²) in [6, 6.07) is 15.7. The molecule has 1 N–H and O–H groups in total. The molecule has 3 rings (SSSR count). The Hall–Kier alpha value is -4.14. The highest BCUT2D eigenvalue weighted by Crippen LogP contribution is 2.27. The predicted octanol–water partition coefficient (Wildman–Crippen LogP) is 2.93. The molecule has 9 heteroatoms. The van der Waals surface area contributed by atoms with Gasteiger partial charge in [-0.15, -0.1) is 0 Å². The molecule has 160 valence electrons. The van der Waals surface area contributed by atoms with Gasteiger partial charge in [-0.1, -0.05) is 42.5 Å². The molecule has 3 aromatic rings. The fourth-order valence-electron chi connectivity index (χ4n) is 2.73. The van der Waals surface area contributed by atoms with Crippen LogP contribution in [0.25, 0.3) is 0 Å². The van der Waals surface area contributed by atoms with Crippen LogP contribution < -0.4 is 19.5 Å². The minimum Gasteiger partial charge on any atom is -0.481 e. The number of carbonyl (C=O) groups excluding carboxylic acids is 2. The zero-order valence-electron chi connectivity index (χ0n) is 17.2. The molecule has 0 aliphatic carbocycles. The van der Waals surface area contributed by atoms with Crippen LogP contribution in [0.2, 0.25) is 0 Å². The van der Waals surface area contributed by atoms with Crippen LogP contribution in [0.5, 0.6) is 23.5 Å². The van der Waals surface area contributed by atoms with Crippen molar-refractivity contribution >= 4 is 11.9 Å². The van der Waals surface area contributed by atoms with Crippen LogP contribution in [-0.4, -0.2) is 43.2 Å². The van der Waals surface area contributed by atoms with Gasteiger partial charge >= 0.3 is 12.0 Å².